The van der Waals surface area contributed by atoms with E-state index < -0.39 is 0 Å². The molecule has 0 unspecified atom stereocenters. The summed E-state index contributed by atoms with van der Waals surface area (Å²) < 4.78 is 0. The molecule has 3 N–H and O–H groups in total. The predicted molar refractivity (Wildman–Crippen MR) is 76.3 cm³/mol. The van der Waals surface area contributed by atoms with Gasteiger partial charge in [-0.25, -0.2) is 0 Å². The molecule has 1 rings (SSSR count). The smallest absolute Gasteiger partial charge is 0.253 e. The van der Waals surface area contributed by atoms with Crippen LogP contribution < -0.4 is 11.1 Å². The lowest BCUT2D eigenvalue weighted by molar-refractivity contribution is 0.0895. The number of nitrogens with one attached hydrogen (secondary N) is 1. The average molecular weight is 289 g/mol. The minimum absolute atomic E-state index is 0.239. The molecule has 0 aromatic heterocycles. The molecule has 1 aromatic rings. The molecule has 5 heteroatoms. The Morgan fingerprint density at radius 2 is 1.94 bits per heavy atom. The minimum atomic E-state index is -0.386. The van der Waals surface area contributed by atoms with Gasteiger partial charge in [-0.1, -0.05) is 37.0 Å². The zero-order valence-electron chi connectivity index (χ0n) is 10.6. The molecule has 1 amide bonds. The summed E-state index contributed by atoms with van der Waals surface area (Å²) in [5.41, 5.74) is 5.74. The topological polar surface area (TPSA) is 55.1 Å². The van der Waals surface area contributed by atoms with Crippen molar-refractivity contribution in [2.45, 2.75) is 32.2 Å². The van der Waals surface area contributed by atoms with E-state index in [1.807, 2.05) is 13.8 Å². The van der Waals surface area contributed by atoms with Crippen molar-refractivity contribution in [3.8, 4) is 0 Å². The van der Waals surface area contributed by atoms with Gasteiger partial charge in [0.1, 0.15) is 0 Å². The summed E-state index contributed by atoms with van der Waals surface area (Å²) in [5, 5.41) is 3.82. The number of hydrogen-bond donors (Lipinski definition) is 2. The fraction of sp³-hybridized carbons (Fsp3) is 0.462. The summed E-state index contributed by atoms with van der Waals surface area (Å²) >= 11 is 11.9. The van der Waals surface area contributed by atoms with Crippen molar-refractivity contribution in [2.24, 2.45) is 5.73 Å². The summed E-state index contributed by atoms with van der Waals surface area (Å²) in [6.45, 7) is 4.39. The molecular formula is C13H18Cl2N2O. The number of amides is 1. The summed E-state index contributed by atoms with van der Waals surface area (Å²) in [7, 11) is 0. The highest BCUT2D eigenvalue weighted by molar-refractivity contribution is 6.35. The van der Waals surface area contributed by atoms with Gasteiger partial charge in [0.2, 0.25) is 0 Å². The molecule has 0 saturated heterocycles. The fourth-order valence-electron chi connectivity index (χ4n) is 1.75. The first kappa shape index (κ1) is 15.3. The molecule has 0 fully saturated rings. The first-order valence-corrected chi connectivity index (χ1v) is 6.71. The first-order chi connectivity index (χ1) is 8.48. The van der Waals surface area contributed by atoms with Crippen LogP contribution in [-0.2, 0) is 0 Å². The molecule has 0 aliphatic heterocycles. The third-order valence-electron chi connectivity index (χ3n) is 3.30. The number of rotatable bonds is 5. The number of carbonyl (C=O) groups excluding carboxylic acids is 1. The fourth-order valence-corrected chi connectivity index (χ4v) is 2.12. The second-order valence-corrected chi connectivity index (χ2v) is 5.11. The Bertz CT molecular complexity index is 423. The Kier molecular flexibility index (Phi) is 5.45. The van der Waals surface area contributed by atoms with E-state index in [4.69, 9.17) is 28.9 Å². The molecule has 0 radical (unpaired) electrons. The molecule has 100 valence electrons. The van der Waals surface area contributed by atoms with Crippen LogP contribution in [0.25, 0.3) is 0 Å². The SMILES string of the molecule is CCC(CC)(CN)NC(=O)c1cc(Cl)ccc1Cl. The van der Waals surface area contributed by atoms with Crippen LogP contribution in [0.1, 0.15) is 37.0 Å². The minimum Gasteiger partial charge on any atom is -0.345 e. The monoisotopic (exact) mass is 288 g/mol. The van der Waals surface area contributed by atoms with Crippen molar-refractivity contribution in [3.05, 3.63) is 33.8 Å². The van der Waals surface area contributed by atoms with Crippen molar-refractivity contribution in [2.75, 3.05) is 6.54 Å². The molecule has 18 heavy (non-hydrogen) atoms. The van der Waals surface area contributed by atoms with Gasteiger partial charge in [-0.05, 0) is 31.0 Å². The van der Waals surface area contributed by atoms with E-state index in [-0.39, 0.29) is 11.4 Å². The number of nitrogens with two attached hydrogens (primary N) is 1. The second-order valence-electron chi connectivity index (χ2n) is 4.27. The van der Waals surface area contributed by atoms with Crippen molar-refractivity contribution in [1.29, 1.82) is 0 Å². The van der Waals surface area contributed by atoms with Crippen LogP contribution in [0.4, 0.5) is 0 Å². The van der Waals surface area contributed by atoms with Crippen LogP contribution in [0, 0.1) is 0 Å². The van der Waals surface area contributed by atoms with E-state index in [2.05, 4.69) is 5.32 Å². The summed E-state index contributed by atoms with van der Waals surface area (Å²) in [5.74, 6) is -0.239. The van der Waals surface area contributed by atoms with Crippen molar-refractivity contribution >= 4 is 29.1 Å². The molecule has 1 aromatic carbocycles. The van der Waals surface area contributed by atoms with Gasteiger partial charge in [0.25, 0.3) is 5.91 Å². The van der Waals surface area contributed by atoms with Gasteiger partial charge >= 0.3 is 0 Å². The van der Waals surface area contributed by atoms with E-state index in [1.165, 1.54) is 0 Å². The molecule has 0 spiro atoms. The summed E-state index contributed by atoms with van der Waals surface area (Å²) in [4.78, 5) is 12.2. The first-order valence-electron chi connectivity index (χ1n) is 5.95. The lowest BCUT2D eigenvalue weighted by Gasteiger charge is -2.31. The van der Waals surface area contributed by atoms with Gasteiger partial charge in [-0.2, -0.15) is 0 Å². The molecule has 0 saturated carbocycles. The lowest BCUT2D eigenvalue weighted by atomic mass is 9.92. The molecule has 0 aliphatic rings. The quantitative estimate of drug-likeness (QED) is 0.874. The van der Waals surface area contributed by atoms with Crippen LogP contribution in [0.3, 0.4) is 0 Å². The highest BCUT2D eigenvalue weighted by atomic mass is 35.5. The largest absolute Gasteiger partial charge is 0.345 e. The maximum atomic E-state index is 12.2. The van der Waals surface area contributed by atoms with E-state index in [0.29, 0.717) is 22.2 Å². The van der Waals surface area contributed by atoms with Crippen molar-refractivity contribution in [3.63, 3.8) is 0 Å². The maximum Gasteiger partial charge on any atom is 0.253 e. The van der Waals surface area contributed by atoms with Crippen LogP contribution in [0.2, 0.25) is 10.0 Å². The Balaban J connectivity index is 2.97. The Hall–Kier alpha value is -0.770. The lowest BCUT2D eigenvalue weighted by Crippen LogP contribution is -2.52. The average Bonchev–Trinajstić information content (AvgIpc) is 2.38. The zero-order chi connectivity index (χ0) is 13.8. The predicted octanol–water partition coefficient (Wildman–Crippen LogP) is 3.24. The van der Waals surface area contributed by atoms with Gasteiger partial charge in [0.15, 0.2) is 0 Å². The van der Waals surface area contributed by atoms with Gasteiger partial charge in [0, 0.05) is 11.6 Å². The molecule has 0 heterocycles. The number of carbonyl (C=O) groups is 1. The number of benzene rings is 1. The highest BCUT2D eigenvalue weighted by Crippen LogP contribution is 2.22. The molecule has 0 atom stereocenters. The third-order valence-corrected chi connectivity index (χ3v) is 3.86. The Labute approximate surface area is 118 Å². The van der Waals surface area contributed by atoms with Gasteiger partial charge < -0.3 is 11.1 Å². The van der Waals surface area contributed by atoms with E-state index >= 15 is 0 Å². The van der Waals surface area contributed by atoms with Gasteiger partial charge in [-0.3, -0.25) is 4.79 Å². The van der Waals surface area contributed by atoms with Crippen molar-refractivity contribution < 1.29 is 4.79 Å². The van der Waals surface area contributed by atoms with Gasteiger partial charge in [0.05, 0.1) is 16.1 Å². The molecule has 0 aliphatic carbocycles. The zero-order valence-corrected chi connectivity index (χ0v) is 12.1. The van der Waals surface area contributed by atoms with Crippen LogP contribution in [0.5, 0.6) is 0 Å². The van der Waals surface area contributed by atoms with E-state index in [1.54, 1.807) is 18.2 Å². The Morgan fingerprint density at radius 1 is 1.33 bits per heavy atom. The number of hydrogen-bond acceptors (Lipinski definition) is 2. The van der Waals surface area contributed by atoms with Crippen molar-refractivity contribution in [1.82, 2.24) is 5.32 Å². The van der Waals surface area contributed by atoms with Crippen LogP contribution in [-0.4, -0.2) is 18.0 Å². The second kappa shape index (κ2) is 6.41. The summed E-state index contributed by atoms with van der Waals surface area (Å²) in [6, 6.07) is 4.82. The maximum absolute atomic E-state index is 12.2. The summed E-state index contributed by atoms with van der Waals surface area (Å²) in [6.07, 6.45) is 1.54. The van der Waals surface area contributed by atoms with Gasteiger partial charge in [-0.15, -0.1) is 0 Å². The number of halogens is 2. The van der Waals surface area contributed by atoms with E-state index in [0.717, 1.165) is 12.8 Å². The van der Waals surface area contributed by atoms with E-state index in [9.17, 15) is 4.79 Å². The standard InChI is InChI=1S/C13H18Cl2N2O/c1-3-13(4-2,8-16)17-12(18)10-7-9(14)5-6-11(10)15/h5-7H,3-4,8,16H2,1-2H3,(H,17,18). The van der Waals surface area contributed by atoms with Crippen LogP contribution >= 0.6 is 23.2 Å². The van der Waals surface area contributed by atoms with Crippen LogP contribution in [0.15, 0.2) is 18.2 Å². The highest BCUT2D eigenvalue weighted by Gasteiger charge is 2.27. The molecule has 0 bridgehead atoms. The molecule has 3 nitrogen and oxygen atoms in total. The normalized spacial score (nSPS) is 11.4. The Morgan fingerprint density at radius 3 is 2.44 bits per heavy atom. The molecular weight excluding hydrogens is 271 g/mol. The third kappa shape index (κ3) is 3.37.